The van der Waals surface area contributed by atoms with E-state index in [1.54, 1.807) is 29.5 Å². The average Bonchev–Trinajstić information content (AvgIpc) is 2.80. The highest BCUT2D eigenvalue weighted by Crippen LogP contribution is 2.23. The van der Waals surface area contributed by atoms with Gasteiger partial charge in [-0.1, -0.05) is 17.7 Å². The van der Waals surface area contributed by atoms with Crippen molar-refractivity contribution in [2.45, 2.75) is 24.8 Å². The van der Waals surface area contributed by atoms with E-state index in [2.05, 4.69) is 10.3 Å². The Kier molecular flexibility index (Phi) is 5.37. The zero-order valence-corrected chi connectivity index (χ0v) is 14.3. The van der Waals surface area contributed by atoms with Crippen molar-refractivity contribution in [2.24, 2.45) is 0 Å². The number of nitrogens with zero attached hydrogens (tertiary/aromatic N) is 1. The van der Waals surface area contributed by atoms with Crippen LogP contribution in [0, 0.1) is 6.92 Å². The molecule has 1 heterocycles. The number of thiazole rings is 1. The van der Waals surface area contributed by atoms with Gasteiger partial charge in [0.05, 0.1) is 15.6 Å². The minimum absolute atomic E-state index is 0.284. The molecule has 7 heteroatoms. The van der Waals surface area contributed by atoms with E-state index in [9.17, 15) is 8.42 Å². The van der Waals surface area contributed by atoms with Gasteiger partial charge in [-0.2, -0.15) is 0 Å². The summed E-state index contributed by atoms with van der Waals surface area (Å²) in [5, 5.41) is 6.78. The summed E-state index contributed by atoms with van der Waals surface area (Å²) in [6, 6.07) is 4.94. The zero-order chi connectivity index (χ0) is 15.5. The topological polar surface area (TPSA) is 59.1 Å². The summed E-state index contributed by atoms with van der Waals surface area (Å²) >= 11 is 7.75. The molecule has 0 saturated heterocycles. The van der Waals surface area contributed by atoms with E-state index in [0.29, 0.717) is 17.1 Å². The van der Waals surface area contributed by atoms with E-state index in [1.165, 1.54) is 6.26 Å². The van der Waals surface area contributed by atoms with Crippen LogP contribution in [0.4, 0.5) is 0 Å². The van der Waals surface area contributed by atoms with Crippen molar-refractivity contribution in [1.29, 1.82) is 0 Å². The van der Waals surface area contributed by atoms with Gasteiger partial charge in [0.15, 0.2) is 9.84 Å². The number of rotatable bonds is 6. The van der Waals surface area contributed by atoms with Crippen LogP contribution in [0.5, 0.6) is 0 Å². The van der Waals surface area contributed by atoms with Crippen LogP contribution in [0.15, 0.2) is 28.5 Å². The molecule has 4 nitrogen and oxygen atoms in total. The molecule has 0 saturated carbocycles. The molecule has 0 amide bonds. The first-order chi connectivity index (χ1) is 9.88. The molecule has 0 atom stereocenters. The van der Waals surface area contributed by atoms with Crippen LogP contribution in [0.3, 0.4) is 0 Å². The van der Waals surface area contributed by atoms with Gasteiger partial charge in [-0.25, -0.2) is 13.4 Å². The summed E-state index contributed by atoms with van der Waals surface area (Å²) in [7, 11) is -3.28. The summed E-state index contributed by atoms with van der Waals surface area (Å²) < 4.78 is 23.5. The second kappa shape index (κ2) is 6.87. The van der Waals surface area contributed by atoms with E-state index in [0.717, 1.165) is 23.7 Å². The van der Waals surface area contributed by atoms with Crippen molar-refractivity contribution in [3.8, 4) is 0 Å². The summed E-state index contributed by atoms with van der Waals surface area (Å²) in [4.78, 5) is 4.67. The Morgan fingerprint density at radius 1 is 1.38 bits per heavy atom. The molecule has 2 aromatic rings. The van der Waals surface area contributed by atoms with Gasteiger partial charge < -0.3 is 5.32 Å². The summed E-state index contributed by atoms with van der Waals surface area (Å²) in [5.74, 6) is 0. The Balaban J connectivity index is 2.00. The van der Waals surface area contributed by atoms with E-state index in [1.807, 2.05) is 12.3 Å². The molecule has 0 unspecified atom stereocenters. The third-order valence-corrected chi connectivity index (χ3v) is 5.36. The molecule has 0 aliphatic heterocycles. The van der Waals surface area contributed by atoms with Gasteiger partial charge in [0, 0.05) is 41.7 Å². The predicted molar refractivity (Wildman–Crippen MR) is 86.8 cm³/mol. The maximum atomic E-state index is 11.8. The Bertz CT molecular complexity index is 726. The molecule has 0 radical (unpaired) electrons. The third-order valence-electron chi connectivity index (χ3n) is 3.00. The molecule has 0 fully saturated rings. The number of halogens is 1. The van der Waals surface area contributed by atoms with Crippen molar-refractivity contribution in [3.63, 3.8) is 0 Å². The fraction of sp³-hybridized carbons (Fsp3) is 0.357. The van der Waals surface area contributed by atoms with Crippen LogP contribution in [0.25, 0.3) is 0 Å². The first-order valence-corrected chi connectivity index (χ1v) is 9.62. The maximum absolute atomic E-state index is 11.8. The summed E-state index contributed by atoms with van der Waals surface area (Å²) in [5.41, 5.74) is 1.67. The summed E-state index contributed by atoms with van der Waals surface area (Å²) in [6.45, 7) is 3.12. The molecule has 0 bridgehead atoms. The lowest BCUT2D eigenvalue weighted by molar-refractivity contribution is 0.598. The second-order valence-electron chi connectivity index (χ2n) is 4.77. The van der Waals surface area contributed by atoms with Gasteiger partial charge >= 0.3 is 0 Å². The lowest BCUT2D eigenvalue weighted by Crippen LogP contribution is -2.19. The number of aryl methyl sites for hydroxylation is 1. The van der Waals surface area contributed by atoms with Crippen LogP contribution in [0.1, 0.15) is 16.3 Å². The first kappa shape index (κ1) is 16.4. The van der Waals surface area contributed by atoms with Gasteiger partial charge in [0.2, 0.25) is 0 Å². The fourth-order valence-electron chi connectivity index (χ4n) is 2.01. The monoisotopic (exact) mass is 344 g/mol. The molecule has 1 aromatic heterocycles. The fourth-order valence-corrected chi connectivity index (χ4v) is 3.91. The van der Waals surface area contributed by atoms with Crippen molar-refractivity contribution in [1.82, 2.24) is 10.3 Å². The van der Waals surface area contributed by atoms with Crippen molar-refractivity contribution < 1.29 is 8.42 Å². The quantitative estimate of drug-likeness (QED) is 0.819. The number of hydrogen-bond donors (Lipinski definition) is 1. The number of benzene rings is 1. The number of nitrogens with one attached hydrogen (secondary N) is 1. The van der Waals surface area contributed by atoms with Crippen LogP contribution in [-0.4, -0.2) is 26.2 Å². The highest BCUT2D eigenvalue weighted by molar-refractivity contribution is 7.90. The predicted octanol–water partition coefficient (Wildman–Crippen LogP) is 2.84. The van der Waals surface area contributed by atoms with Gasteiger partial charge in [0.1, 0.15) is 0 Å². The van der Waals surface area contributed by atoms with Gasteiger partial charge in [0.25, 0.3) is 0 Å². The standard InChI is InChI=1S/C14H17ClN2O2S2/c1-10-17-11(9-20-10)6-7-16-8-12-13(15)4-3-5-14(12)21(2,18)19/h3-5,9,16H,6-8H2,1-2H3. The Morgan fingerprint density at radius 2 is 2.14 bits per heavy atom. The van der Waals surface area contributed by atoms with Crippen LogP contribution >= 0.6 is 22.9 Å². The second-order valence-corrected chi connectivity index (χ2v) is 8.23. The number of hydrogen-bond acceptors (Lipinski definition) is 5. The minimum atomic E-state index is -3.28. The van der Waals surface area contributed by atoms with E-state index in [-0.39, 0.29) is 4.90 Å². The Labute approximate surface area is 134 Å². The first-order valence-electron chi connectivity index (χ1n) is 6.47. The lowest BCUT2D eigenvalue weighted by Gasteiger charge is -2.11. The maximum Gasteiger partial charge on any atom is 0.175 e. The van der Waals surface area contributed by atoms with Crippen molar-refractivity contribution in [2.75, 3.05) is 12.8 Å². The molecular weight excluding hydrogens is 328 g/mol. The lowest BCUT2D eigenvalue weighted by atomic mass is 10.2. The molecular formula is C14H17ClN2O2S2. The van der Waals surface area contributed by atoms with E-state index < -0.39 is 9.84 Å². The highest BCUT2D eigenvalue weighted by atomic mass is 35.5. The molecule has 0 aliphatic carbocycles. The Hall–Kier alpha value is -0.950. The van der Waals surface area contributed by atoms with Gasteiger partial charge in [-0.15, -0.1) is 11.3 Å². The summed E-state index contributed by atoms with van der Waals surface area (Å²) in [6.07, 6.45) is 2.00. The zero-order valence-electron chi connectivity index (χ0n) is 11.9. The van der Waals surface area contributed by atoms with Crippen LogP contribution in [0.2, 0.25) is 5.02 Å². The molecule has 21 heavy (non-hydrogen) atoms. The van der Waals surface area contributed by atoms with E-state index >= 15 is 0 Å². The molecule has 2 rings (SSSR count). The van der Waals surface area contributed by atoms with Crippen molar-refractivity contribution >= 4 is 32.8 Å². The SMILES string of the molecule is Cc1nc(CCNCc2c(Cl)cccc2S(C)(=O)=O)cs1. The Morgan fingerprint density at radius 3 is 2.76 bits per heavy atom. The molecule has 114 valence electrons. The normalized spacial score (nSPS) is 11.8. The molecule has 0 aliphatic rings. The van der Waals surface area contributed by atoms with Gasteiger partial charge in [-0.3, -0.25) is 0 Å². The molecule has 1 N–H and O–H groups in total. The highest BCUT2D eigenvalue weighted by Gasteiger charge is 2.15. The third kappa shape index (κ3) is 4.51. The van der Waals surface area contributed by atoms with Crippen LogP contribution < -0.4 is 5.32 Å². The van der Waals surface area contributed by atoms with Crippen molar-refractivity contribution in [3.05, 3.63) is 44.9 Å². The van der Waals surface area contributed by atoms with Gasteiger partial charge in [-0.05, 0) is 19.1 Å². The number of aromatic nitrogens is 1. The van der Waals surface area contributed by atoms with Crippen LogP contribution in [-0.2, 0) is 22.8 Å². The average molecular weight is 345 g/mol. The molecule has 1 aromatic carbocycles. The number of sulfone groups is 1. The minimum Gasteiger partial charge on any atom is -0.312 e. The largest absolute Gasteiger partial charge is 0.312 e. The molecule has 0 spiro atoms. The smallest absolute Gasteiger partial charge is 0.175 e. The van der Waals surface area contributed by atoms with E-state index in [4.69, 9.17) is 11.6 Å².